The lowest BCUT2D eigenvalue weighted by atomic mass is 9.87. The highest BCUT2D eigenvalue weighted by atomic mass is 16.5. The van der Waals surface area contributed by atoms with Crippen molar-refractivity contribution < 1.29 is 4.74 Å². The van der Waals surface area contributed by atoms with E-state index < -0.39 is 0 Å². The van der Waals surface area contributed by atoms with Gasteiger partial charge in [0.25, 0.3) is 0 Å². The van der Waals surface area contributed by atoms with Gasteiger partial charge >= 0.3 is 0 Å². The summed E-state index contributed by atoms with van der Waals surface area (Å²) in [7, 11) is 0. The molecule has 0 saturated carbocycles. The second kappa shape index (κ2) is 5.69. The standard InChI is InChI=1S/C18H16N2O/c1-18(2,3)13-6-8-14(9-7-13)21-15-10-11-16(19-4)17(12-15)20-5/h6-12H,1-3H3. The molecule has 0 aromatic heterocycles. The minimum Gasteiger partial charge on any atom is -0.459 e. The second-order valence-electron chi connectivity index (χ2n) is 5.75. The fourth-order valence-electron chi connectivity index (χ4n) is 1.91. The Hall–Kier alpha value is -2.78. The molecule has 21 heavy (non-hydrogen) atoms. The first-order chi connectivity index (χ1) is 9.94. The number of nitrogens with zero attached hydrogens (tertiary/aromatic N) is 2. The molecule has 0 fully saturated rings. The fraction of sp³-hybridized carbons (Fsp3) is 0.222. The number of rotatable bonds is 2. The Balaban J connectivity index is 2.23. The zero-order valence-electron chi connectivity index (χ0n) is 12.3. The van der Waals surface area contributed by atoms with Crippen molar-refractivity contribution in [1.29, 1.82) is 0 Å². The van der Waals surface area contributed by atoms with Gasteiger partial charge in [-0.3, -0.25) is 4.85 Å². The highest BCUT2D eigenvalue weighted by Crippen LogP contribution is 2.34. The van der Waals surface area contributed by atoms with Crippen LogP contribution in [0.3, 0.4) is 0 Å². The molecule has 2 aromatic rings. The average Bonchev–Trinajstić information content (AvgIpc) is 2.46. The molecule has 2 rings (SSSR count). The van der Waals surface area contributed by atoms with Crippen molar-refractivity contribution in [3.05, 3.63) is 70.9 Å². The number of hydrogen-bond acceptors (Lipinski definition) is 1. The smallest absolute Gasteiger partial charge is 0.198 e. The zero-order valence-corrected chi connectivity index (χ0v) is 12.3. The van der Waals surface area contributed by atoms with Crippen molar-refractivity contribution in [3.63, 3.8) is 0 Å². The van der Waals surface area contributed by atoms with E-state index in [9.17, 15) is 0 Å². The van der Waals surface area contributed by atoms with Crippen molar-refractivity contribution in [2.75, 3.05) is 0 Å². The first-order valence-corrected chi connectivity index (χ1v) is 6.61. The number of benzene rings is 2. The van der Waals surface area contributed by atoms with Crippen molar-refractivity contribution in [2.24, 2.45) is 0 Å². The van der Waals surface area contributed by atoms with Gasteiger partial charge in [-0.15, -0.1) is 0 Å². The number of hydrogen-bond donors (Lipinski definition) is 0. The van der Waals surface area contributed by atoms with Gasteiger partial charge in [0.1, 0.15) is 11.5 Å². The van der Waals surface area contributed by atoms with Crippen LogP contribution in [0.2, 0.25) is 0 Å². The normalized spacial score (nSPS) is 10.5. The first-order valence-electron chi connectivity index (χ1n) is 6.61. The summed E-state index contributed by atoms with van der Waals surface area (Å²) in [5, 5.41) is 0. The Morgan fingerprint density at radius 3 is 1.90 bits per heavy atom. The zero-order chi connectivity index (χ0) is 15.5. The number of ether oxygens (including phenoxy) is 1. The summed E-state index contributed by atoms with van der Waals surface area (Å²) >= 11 is 0. The third kappa shape index (κ3) is 3.41. The molecule has 3 heteroatoms. The summed E-state index contributed by atoms with van der Waals surface area (Å²) in [5.74, 6) is 1.28. The van der Waals surface area contributed by atoms with Gasteiger partial charge in [-0.05, 0) is 35.2 Å². The van der Waals surface area contributed by atoms with Crippen LogP contribution in [0, 0.1) is 13.1 Å². The van der Waals surface area contributed by atoms with Crippen LogP contribution in [0.1, 0.15) is 26.3 Å². The van der Waals surface area contributed by atoms with E-state index >= 15 is 0 Å². The van der Waals surface area contributed by atoms with Crippen LogP contribution in [0.25, 0.3) is 9.69 Å². The quantitative estimate of drug-likeness (QED) is 0.626. The second-order valence-corrected chi connectivity index (χ2v) is 5.75. The minimum absolute atomic E-state index is 0.104. The Morgan fingerprint density at radius 2 is 1.38 bits per heavy atom. The lowest BCUT2D eigenvalue weighted by Crippen LogP contribution is -2.10. The predicted octanol–water partition coefficient (Wildman–Crippen LogP) is 5.88. The SMILES string of the molecule is [C-]#[N+]c1ccc(Oc2ccc(C(C)(C)C)cc2)cc1[N+]#[C-]. The molecule has 3 nitrogen and oxygen atoms in total. The largest absolute Gasteiger partial charge is 0.459 e. The van der Waals surface area contributed by atoms with Crippen LogP contribution >= 0.6 is 0 Å². The summed E-state index contributed by atoms with van der Waals surface area (Å²) in [4.78, 5) is 6.66. The van der Waals surface area contributed by atoms with Crippen molar-refractivity contribution in [1.82, 2.24) is 0 Å². The van der Waals surface area contributed by atoms with Crippen LogP contribution in [0.4, 0.5) is 11.4 Å². The van der Waals surface area contributed by atoms with Crippen molar-refractivity contribution in [2.45, 2.75) is 26.2 Å². The van der Waals surface area contributed by atoms with Gasteiger partial charge in [0.15, 0.2) is 11.4 Å². The van der Waals surface area contributed by atoms with Gasteiger partial charge in [-0.1, -0.05) is 39.0 Å². The molecule has 104 valence electrons. The van der Waals surface area contributed by atoms with E-state index in [2.05, 4.69) is 30.5 Å². The molecule has 0 amide bonds. The van der Waals surface area contributed by atoms with E-state index in [4.69, 9.17) is 17.9 Å². The van der Waals surface area contributed by atoms with E-state index in [1.807, 2.05) is 24.3 Å². The lowest BCUT2D eigenvalue weighted by Gasteiger charge is -2.19. The maximum absolute atomic E-state index is 7.09. The van der Waals surface area contributed by atoms with Crippen LogP contribution in [-0.4, -0.2) is 0 Å². The molecule has 0 radical (unpaired) electrons. The molecule has 0 unspecified atom stereocenters. The van der Waals surface area contributed by atoms with E-state index in [0.29, 0.717) is 17.1 Å². The molecule has 0 saturated heterocycles. The molecule has 0 heterocycles. The molecule has 0 atom stereocenters. The van der Waals surface area contributed by atoms with E-state index in [0.717, 1.165) is 5.75 Å². The van der Waals surface area contributed by atoms with Gasteiger partial charge in [0.05, 0.1) is 13.1 Å². The molecular formula is C18H16N2O. The maximum atomic E-state index is 7.09. The Bertz CT molecular complexity index is 726. The van der Waals surface area contributed by atoms with Gasteiger partial charge in [-0.2, -0.15) is 0 Å². The summed E-state index contributed by atoms with van der Waals surface area (Å²) in [5.41, 5.74) is 2.00. The van der Waals surface area contributed by atoms with Crippen LogP contribution in [0.5, 0.6) is 11.5 Å². The third-order valence-electron chi connectivity index (χ3n) is 3.14. The predicted molar refractivity (Wildman–Crippen MR) is 84.2 cm³/mol. The highest BCUT2D eigenvalue weighted by molar-refractivity contribution is 5.72. The van der Waals surface area contributed by atoms with E-state index in [-0.39, 0.29) is 5.41 Å². The lowest BCUT2D eigenvalue weighted by molar-refractivity contribution is 0.482. The molecular weight excluding hydrogens is 260 g/mol. The summed E-state index contributed by atoms with van der Waals surface area (Å²) in [6.45, 7) is 20.6. The first kappa shape index (κ1) is 14.6. The Labute approximate surface area is 125 Å². The fourth-order valence-corrected chi connectivity index (χ4v) is 1.91. The highest BCUT2D eigenvalue weighted by Gasteiger charge is 2.13. The van der Waals surface area contributed by atoms with Gasteiger partial charge in [0.2, 0.25) is 0 Å². The molecule has 0 bridgehead atoms. The molecule has 2 aromatic carbocycles. The molecule has 0 spiro atoms. The Kier molecular flexibility index (Phi) is 3.96. The van der Waals surface area contributed by atoms with Crippen LogP contribution in [-0.2, 0) is 5.41 Å². The molecule has 0 N–H and O–H groups in total. The van der Waals surface area contributed by atoms with Crippen LogP contribution < -0.4 is 4.74 Å². The van der Waals surface area contributed by atoms with Crippen molar-refractivity contribution in [3.8, 4) is 11.5 Å². The van der Waals surface area contributed by atoms with E-state index in [1.165, 1.54) is 5.56 Å². The van der Waals surface area contributed by atoms with Crippen molar-refractivity contribution >= 4 is 11.4 Å². The van der Waals surface area contributed by atoms with Gasteiger partial charge < -0.3 is 4.74 Å². The summed E-state index contributed by atoms with van der Waals surface area (Å²) in [6.07, 6.45) is 0. The van der Waals surface area contributed by atoms with Gasteiger partial charge in [0, 0.05) is 0 Å². The molecule has 0 aliphatic rings. The maximum Gasteiger partial charge on any atom is 0.198 e. The topological polar surface area (TPSA) is 17.9 Å². The van der Waals surface area contributed by atoms with E-state index in [1.54, 1.807) is 18.2 Å². The van der Waals surface area contributed by atoms with Gasteiger partial charge in [-0.25, -0.2) is 4.85 Å². The third-order valence-corrected chi connectivity index (χ3v) is 3.14. The minimum atomic E-state index is 0.104. The monoisotopic (exact) mass is 276 g/mol. The average molecular weight is 276 g/mol. The molecule has 0 aliphatic heterocycles. The molecule has 0 aliphatic carbocycles. The van der Waals surface area contributed by atoms with Crippen LogP contribution in [0.15, 0.2) is 42.5 Å². The summed E-state index contributed by atoms with van der Waals surface area (Å²) in [6, 6.07) is 12.8. The summed E-state index contributed by atoms with van der Waals surface area (Å²) < 4.78 is 5.74. The Morgan fingerprint density at radius 1 is 0.810 bits per heavy atom.